The number of carbonyl (C=O) groups is 2. The lowest BCUT2D eigenvalue weighted by Gasteiger charge is -2.13. The van der Waals surface area contributed by atoms with E-state index in [4.69, 9.17) is 0 Å². The largest absolute Gasteiger partial charge is 0.270 e. The molecule has 0 aromatic carbocycles. The number of amides is 2. The summed E-state index contributed by atoms with van der Waals surface area (Å²) >= 11 is 0. The molecule has 0 bridgehead atoms. The average molecular weight is 315 g/mol. The molecule has 0 radical (unpaired) electrons. The summed E-state index contributed by atoms with van der Waals surface area (Å²) in [6.07, 6.45) is 6.57. The highest BCUT2D eigenvalue weighted by Gasteiger charge is 2.35. The number of nitrogens with zero attached hydrogens (tertiary/aromatic N) is 2. The predicted octanol–water partition coefficient (Wildman–Crippen LogP) is 3.10. The van der Waals surface area contributed by atoms with Gasteiger partial charge in [0.25, 0.3) is 11.8 Å². The smallest absolute Gasteiger partial charge is 0.261 e. The Morgan fingerprint density at radius 2 is 1.52 bits per heavy atom. The van der Waals surface area contributed by atoms with Crippen LogP contribution in [-0.4, -0.2) is 16.7 Å². The zero-order chi connectivity index (χ0) is 18.0. The van der Waals surface area contributed by atoms with E-state index < -0.39 is 0 Å². The van der Waals surface area contributed by atoms with Crippen molar-refractivity contribution < 1.29 is 14.2 Å². The van der Waals surface area contributed by atoms with Crippen LogP contribution in [0.4, 0.5) is 0 Å². The molecule has 2 amide bonds. The standard InChI is InChI=1S/C15H15N2O2.2C2H6/c1-4-12-13(5-2)15(19)17(14(12)18)10-11-7-6-8-16(3)9-11;2*1-2/h4-9H,1-2,10H2,3H3;2*1-2H3/q+1;;. The van der Waals surface area contributed by atoms with Gasteiger partial charge in [-0.3, -0.25) is 14.5 Å². The Balaban J connectivity index is 0.00000112. The van der Waals surface area contributed by atoms with E-state index in [2.05, 4.69) is 13.2 Å². The highest BCUT2D eigenvalue weighted by atomic mass is 16.2. The Labute approximate surface area is 139 Å². The minimum Gasteiger partial charge on any atom is -0.270 e. The predicted molar refractivity (Wildman–Crippen MR) is 93.3 cm³/mol. The Kier molecular flexibility index (Phi) is 9.16. The summed E-state index contributed by atoms with van der Waals surface area (Å²) in [7, 11) is 1.89. The molecule has 0 aliphatic carbocycles. The summed E-state index contributed by atoms with van der Waals surface area (Å²) in [4.78, 5) is 25.5. The van der Waals surface area contributed by atoms with Gasteiger partial charge in [0, 0.05) is 11.6 Å². The van der Waals surface area contributed by atoms with Crippen LogP contribution in [0.5, 0.6) is 0 Å². The summed E-state index contributed by atoms with van der Waals surface area (Å²) in [6, 6.07) is 3.75. The van der Waals surface area contributed by atoms with Gasteiger partial charge >= 0.3 is 0 Å². The summed E-state index contributed by atoms with van der Waals surface area (Å²) in [5.74, 6) is -0.636. The van der Waals surface area contributed by atoms with Crippen LogP contribution in [-0.2, 0) is 23.2 Å². The van der Waals surface area contributed by atoms with Crippen LogP contribution >= 0.6 is 0 Å². The molecule has 1 aromatic heterocycles. The lowest BCUT2D eigenvalue weighted by molar-refractivity contribution is -0.672. The normalized spacial score (nSPS) is 13.0. The van der Waals surface area contributed by atoms with E-state index in [1.165, 1.54) is 17.1 Å². The maximum absolute atomic E-state index is 12.1. The van der Waals surface area contributed by atoms with E-state index in [-0.39, 0.29) is 18.4 Å². The second-order valence-electron chi connectivity index (χ2n) is 4.31. The molecule has 2 rings (SSSR count). The van der Waals surface area contributed by atoms with Crippen LogP contribution in [0, 0.1) is 0 Å². The maximum Gasteiger partial charge on any atom is 0.261 e. The Bertz CT molecular complexity index is 586. The fourth-order valence-corrected chi connectivity index (χ4v) is 2.08. The molecular weight excluding hydrogens is 288 g/mol. The van der Waals surface area contributed by atoms with Gasteiger partial charge in [-0.1, -0.05) is 53.0 Å². The molecule has 0 unspecified atom stereocenters. The van der Waals surface area contributed by atoms with Gasteiger partial charge in [0.1, 0.15) is 7.05 Å². The third-order valence-electron chi connectivity index (χ3n) is 2.99. The van der Waals surface area contributed by atoms with Gasteiger partial charge in [-0.25, -0.2) is 4.57 Å². The molecule has 0 fully saturated rings. The van der Waals surface area contributed by atoms with Gasteiger partial charge in [-0.05, 0) is 6.07 Å². The Hall–Kier alpha value is -2.49. The molecule has 0 saturated carbocycles. The molecule has 1 aromatic rings. The summed E-state index contributed by atoms with van der Waals surface area (Å²) in [5, 5.41) is 0. The number of pyridine rings is 1. The first-order valence-corrected chi connectivity index (χ1v) is 7.88. The lowest BCUT2D eigenvalue weighted by atomic mass is 10.1. The summed E-state index contributed by atoms with van der Waals surface area (Å²) in [6.45, 7) is 15.4. The minimum absolute atomic E-state index is 0.251. The van der Waals surface area contributed by atoms with Crippen LogP contribution < -0.4 is 4.57 Å². The number of hydrogen-bond donors (Lipinski definition) is 0. The van der Waals surface area contributed by atoms with Crippen molar-refractivity contribution in [2.45, 2.75) is 34.2 Å². The molecule has 1 aliphatic heterocycles. The average Bonchev–Trinajstić information content (AvgIpc) is 2.82. The second kappa shape index (κ2) is 10.3. The number of aryl methyl sites for hydroxylation is 1. The number of imide groups is 1. The van der Waals surface area contributed by atoms with Crippen molar-refractivity contribution in [2.75, 3.05) is 0 Å². The fraction of sp³-hybridized carbons (Fsp3) is 0.316. The van der Waals surface area contributed by atoms with Gasteiger partial charge in [0.15, 0.2) is 12.4 Å². The third kappa shape index (κ3) is 4.74. The van der Waals surface area contributed by atoms with Gasteiger partial charge < -0.3 is 0 Å². The molecule has 4 nitrogen and oxygen atoms in total. The monoisotopic (exact) mass is 315 g/mol. The molecule has 1 aliphatic rings. The highest BCUT2D eigenvalue weighted by molar-refractivity contribution is 6.21. The Morgan fingerprint density at radius 1 is 1.04 bits per heavy atom. The second-order valence-corrected chi connectivity index (χ2v) is 4.31. The highest BCUT2D eigenvalue weighted by Crippen LogP contribution is 2.23. The van der Waals surface area contributed by atoms with Crippen LogP contribution in [0.3, 0.4) is 0 Å². The van der Waals surface area contributed by atoms with Crippen LogP contribution in [0.15, 0.2) is 61.0 Å². The van der Waals surface area contributed by atoms with Crippen molar-refractivity contribution in [1.82, 2.24) is 4.90 Å². The van der Waals surface area contributed by atoms with E-state index >= 15 is 0 Å². The summed E-state index contributed by atoms with van der Waals surface area (Å²) < 4.78 is 1.87. The molecular formula is C19H27N2O2+. The molecule has 0 N–H and O–H groups in total. The molecule has 4 heteroatoms. The minimum atomic E-state index is -0.318. The van der Waals surface area contributed by atoms with Crippen molar-refractivity contribution in [1.29, 1.82) is 0 Å². The first-order valence-electron chi connectivity index (χ1n) is 7.88. The zero-order valence-corrected chi connectivity index (χ0v) is 14.8. The SMILES string of the molecule is C=CC1=C(C=C)C(=O)N(Cc2ccc[n+](C)c2)C1=O.CC.CC. The topological polar surface area (TPSA) is 41.3 Å². The van der Waals surface area contributed by atoms with Gasteiger partial charge in [-0.2, -0.15) is 0 Å². The van der Waals surface area contributed by atoms with Crippen LogP contribution in [0.2, 0.25) is 0 Å². The number of hydrogen-bond acceptors (Lipinski definition) is 2. The van der Waals surface area contributed by atoms with Gasteiger partial charge in [0.2, 0.25) is 0 Å². The molecule has 0 atom stereocenters. The maximum atomic E-state index is 12.1. The van der Waals surface area contributed by atoms with Crippen molar-refractivity contribution >= 4 is 11.8 Å². The first-order chi connectivity index (χ1) is 11.1. The van der Waals surface area contributed by atoms with E-state index in [9.17, 15) is 9.59 Å². The van der Waals surface area contributed by atoms with E-state index in [0.717, 1.165) is 5.56 Å². The number of carbonyl (C=O) groups excluding carboxylic acids is 2. The van der Waals surface area contributed by atoms with E-state index in [0.29, 0.717) is 11.1 Å². The molecule has 23 heavy (non-hydrogen) atoms. The molecule has 124 valence electrons. The van der Waals surface area contributed by atoms with Crippen LogP contribution in [0.1, 0.15) is 33.3 Å². The lowest BCUT2D eigenvalue weighted by Crippen LogP contribution is -2.33. The van der Waals surface area contributed by atoms with Crippen molar-refractivity contribution in [3.05, 3.63) is 66.5 Å². The Morgan fingerprint density at radius 3 is 1.91 bits per heavy atom. The van der Waals surface area contributed by atoms with Crippen molar-refractivity contribution in [3.8, 4) is 0 Å². The molecule has 0 saturated heterocycles. The molecule has 2 heterocycles. The summed E-state index contributed by atoms with van der Waals surface area (Å²) in [5.41, 5.74) is 1.53. The third-order valence-corrected chi connectivity index (χ3v) is 2.99. The molecule has 0 spiro atoms. The quantitative estimate of drug-likeness (QED) is 0.633. The van der Waals surface area contributed by atoms with Gasteiger partial charge in [-0.15, -0.1) is 0 Å². The fourth-order valence-electron chi connectivity index (χ4n) is 2.08. The van der Waals surface area contributed by atoms with Crippen LogP contribution in [0.25, 0.3) is 0 Å². The van der Waals surface area contributed by atoms with Crippen molar-refractivity contribution in [2.24, 2.45) is 7.05 Å². The first kappa shape index (κ1) is 20.5. The van der Waals surface area contributed by atoms with E-state index in [1.54, 1.807) is 0 Å². The number of rotatable bonds is 4. The van der Waals surface area contributed by atoms with E-state index in [1.807, 2.05) is 63.8 Å². The van der Waals surface area contributed by atoms with Gasteiger partial charge in [0.05, 0.1) is 17.7 Å². The zero-order valence-electron chi connectivity index (χ0n) is 14.8. The van der Waals surface area contributed by atoms with Crippen molar-refractivity contribution in [3.63, 3.8) is 0 Å². The number of aromatic nitrogens is 1.